The second-order valence-electron chi connectivity index (χ2n) is 6.62. The maximum Gasteiger partial charge on any atom is 0.407 e. The van der Waals surface area contributed by atoms with E-state index in [2.05, 4.69) is 81.4 Å². The summed E-state index contributed by atoms with van der Waals surface area (Å²) in [5.41, 5.74) is 0. The lowest BCUT2D eigenvalue weighted by atomic mass is 10.1. The van der Waals surface area contributed by atoms with E-state index in [1.165, 1.54) is 29.6 Å². The maximum atomic E-state index is 6.78. The molecule has 0 N–H and O–H groups in total. The third-order valence-electron chi connectivity index (χ3n) is 4.40. The SMILES string of the molecule is CCCCCC(C)O[Si](OCCC)(c1ccccc1)c1ccccc1. The molecule has 0 spiro atoms. The van der Waals surface area contributed by atoms with Gasteiger partial charge in [0.1, 0.15) is 0 Å². The minimum absolute atomic E-state index is 0.190. The van der Waals surface area contributed by atoms with Crippen LogP contribution in [-0.4, -0.2) is 21.3 Å². The molecule has 0 aliphatic heterocycles. The molecule has 0 bridgehead atoms. The quantitative estimate of drug-likeness (QED) is 0.431. The summed E-state index contributed by atoms with van der Waals surface area (Å²) in [5, 5.41) is 2.38. The van der Waals surface area contributed by atoms with E-state index in [4.69, 9.17) is 8.85 Å². The standard InChI is InChI=1S/C22H32O2Si/c1-4-6-9-14-20(3)24-25(23-19-5-2,21-15-10-7-11-16-21)22-17-12-8-13-18-22/h7-8,10-13,15-18,20H,4-6,9,14,19H2,1-3H3. The van der Waals surface area contributed by atoms with Gasteiger partial charge in [0, 0.05) is 12.7 Å². The topological polar surface area (TPSA) is 18.5 Å². The summed E-state index contributed by atoms with van der Waals surface area (Å²) in [5.74, 6) is 0. The van der Waals surface area contributed by atoms with Crippen LogP contribution >= 0.6 is 0 Å². The van der Waals surface area contributed by atoms with Crippen LogP contribution in [0.2, 0.25) is 0 Å². The molecule has 0 radical (unpaired) electrons. The number of benzene rings is 2. The smallest absolute Gasteiger partial charge is 0.388 e. The molecule has 0 aromatic heterocycles. The minimum atomic E-state index is -2.69. The molecule has 2 rings (SSSR count). The van der Waals surface area contributed by atoms with Gasteiger partial charge in [-0.2, -0.15) is 0 Å². The van der Waals surface area contributed by atoms with Gasteiger partial charge in [-0.1, -0.05) is 93.8 Å². The first-order valence-corrected chi connectivity index (χ1v) is 11.5. The molecule has 1 unspecified atom stereocenters. The number of hydrogen-bond donors (Lipinski definition) is 0. The van der Waals surface area contributed by atoms with Crippen molar-refractivity contribution in [3.63, 3.8) is 0 Å². The predicted molar refractivity (Wildman–Crippen MR) is 109 cm³/mol. The summed E-state index contributed by atoms with van der Waals surface area (Å²) in [6.07, 6.45) is 5.96. The largest absolute Gasteiger partial charge is 0.407 e. The van der Waals surface area contributed by atoms with E-state index in [0.29, 0.717) is 0 Å². The first-order valence-electron chi connectivity index (χ1n) is 9.65. The van der Waals surface area contributed by atoms with Crippen molar-refractivity contribution in [1.82, 2.24) is 0 Å². The van der Waals surface area contributed by atoms with Crippen LogP contribution in [0.25, 0.3) is 0 Å². The predicted octanol–water partition coefficient (Wildman–Crippen LogP) is 4.66. The Bertz CT molecular complexity index is 546. The average Bonchev–Trinajstić information content (AvgIpc) is 2.67. The number of unbranched alkanes of at least 4 members (excludes halogenated alkanes) is 2. The van der Waals surface area contributed by atoms with Gasteiger partial charge in [0.25, 0.3) is 0 Å². The van der Waals surface area contributed by atoms with E-state index < -0.39 is 8.56 Å². The van der Waals surface area contributed by atoms with Gasteiger partial charge < -0.3 is 8.85 Å². The van der Waals surface area contributed by atoms with Crippen molar-refractivity contribution in [3.8, 4) is 0 Å². The first kappa shape index (κ1) is 19.9. The molecule has 0 aliphatic rings. The molecule has 0 fully saturated rings. The molecule has 0 heterocycles. The molecule has 25 heavy (non-hydrogen) atoms. The molecule has 0 amide bonds. The molecule has 2 nitrogen and oxygen atoms in total. The second-order valence-corrected chi connectivity index (χ2v) is 9.53. The first-order chi connectivity index (χ1) is 12.2. The number of rotatable bonds is 11. The van der Waals surface area contributed by atoms with Crippen LogP contribution in [-0.2, 0) is 8.85 Å². The van der Waals surface area contributed by atoms with Gasteiger partial charge in [0.2, 0.25) is 0 Å². The van der Waals surface area contributed by atoms with Crippen molar-refractivity contribution in [2.75, 3.05) is 6.61 Å². The lowest BCUT2D eigenvalue weighted by molar-refractivity contribution is 0.134. The average molecular weight is 357 g/mol. The molecule has 0 aliphatic carbocycles. The van der Waals surface area contributed by atoms with Crippen molar-refractivity contribution < 1.29 is 8.85 Å². The summed E-state index contributed by atoms with van der Waals surface area (Å²) in [6.45, 7) is 7.30. The second kappa shape index (κ2) is 10.5. The van der Waals surface area contributed by atoms with Crippen molar-refractivity contribution in [1.29, 1.82) is 0 Å². The zero-order valence-electron chi connectivity index (χ0n) is 15.9. The molecule has 2 aromatic rings. The Morgan fingerprint density at radius 1 is 0.800 bits per heavy atom. The Hall–Kier alpha value is -1.42. The fourth-order valence-corrected chi connectivity index (χ4v) is 6.53. The van der Waals surface area contributed by atoms with Crippen LogP contribution in [0.15, 0.2) is 60.7 Å². The van der Waals surface area contributed by atoms with Crippen molar-refractivity contribution >= 4 is 18.9 Å². The molecule has 2 aromatic carbocycles. The number of hydrogen-bond acceptors (Lipinski definition) is 2. The summed E-state index contributed by atoms with van der Waals surface area (Å²) in [7, 11) is -2.69. The van der Waals surface area contributed by atoms with Crippen LogP contribution in [0.1, 0.15) is 52.9 Å². The maximum absolute atomic E-state index is 6.78. The normalized spacial score (nSPS) is 12.9. The van der Waals surface area contributed by atoms with Crippen LogP contribution < -0.4 is 10.4 Å². The fraction of sp³-hybridized carbons (Fsp3) is 0.455. The van der Waals surface area contributed by atoms with Crippen LogP contribution in [0.3, 0.4) is 0 Å². The monoisotopic (exact) mass is 356 g/mol. The van der Waals surface area contributed by atoms with E-state index in [-0.39, 0.29) is 6.10 Å². The van der Waals surface area contributed by atoms with Crippen molar-refractivity contribution in [2.45, 2.75) is 59.0 Å². The Morgan fingerprint density at radius 2 is 1.36 bits per heavy atom. The zero-order chi connectivity index (χ0) is 18.0. The lowest BCUT2D eigenvalue weighted by Crippen LogP contribution is -2.64. The lowest BCUT2D eigenvalue weighted by Gasteiger charge is -2.34. The zero-order valence-corrected chi connectivity index (χ0v) is 16.9. The molecule has 3 heteroatoms. The van der Waals surface area contributed by atoms with E-state index in [0.717, 1.165) is 19.4 Å². The molecular weight excluding hydrogens is 324 g/mol. The highest BCUT2D eigenvalue weighted by molar-refractivity contribution is 6.92. The van der Waals surface area contributed by atoms with Gasteiger partial charge in [0.15, 0.2) is 0 Å². The van der Waals surface area contributed by atoms with Gasteiger partial charge in [-0.05, 0) is 30.1 Å². The highest BCUT2D eigenvalue weighted by Crippen LogP contribution is 2.16. The van der Waals surface area contributed by atoms with E-state index in [1.54, 1.807) is 0 Å². The van der Waals surface area contributed by atoms with Gasteiger partial charge in [0.05, 0.1) is 0 Å². The van der Waals surface area contributed by atoms with Crippen LogP contribution in [0, 0.1) is 0 Å². The Morgan fingerprint density at radius 3 is 1.84 bits per heavy atom. The highest BCUT2D eigenvalue weighted by atomic mass is 28.4. The summed E-state index contributed by atoms with van der Waals surface area (Å²) >= 11 is 0. The summed E-state index contributed by atoms with van der Waals surface area (Å²) < 4.78 is 13.3. The van der Waals surface area contributed by atoms with Crippen LogP contribution in [0.5, 0.6) is 0 Å². The van der Waals surface area contributed by atoms with Crippen molar-refractivity contribution in [2.24, 2.45) is 0 Å². The summed E-state index contributed by atoms with van der Waals surface area (Å²) in [6, 6.07) is 21.1. The van der Waals surface area contributed by atoms with Gasteiger partial charge in [-0.15, -0.1) is 0 Å². The fourth-order valence-electron chi connectivity index (χ4n) is 3.09. The Labute approximate surface area is 154 Å². The molecule has 0 saturated carbocycles. The van der Waals surface area contributed by atoms with E-state index in [9.17, 15) is 0 Å². The van der Waals surface area contributed by atoms with Crippen molar-refractivity contribution in [3.05, 3.63) is 60.7 Å². The summed E-state index contributed by atoms with van der Waals surface area (Å²) in [4.78, 5) is 0. The Kier molecular flexibility index (Phi) is 8.39. The molecule has 1 atom stereocenters. The van der Waals surface area contributed by atoms with E-state index in [1.807, 2.05) is 0 Å². The molecule has 0 saturated heterocycles. The van der Waals surface area contributed by atoms with Gasteiger partial charge in [-0.25, -0.2) is 0 Å². The Balaban J connectivity index is 2.37. The van der Waals surface area contributed by atoms with Gasteiger partial charge >= 0.3 is 8.56 Å². The third-order valence-corrected chi connectivity index (χ3v) is 7.93. The highest BCUT2D eigenvalue weighted by Gasteiger charge is 2.43. The van der Waals surface area contributed by atoms with Crippen LogP contribution in [0.4, 0.5) is 0 Å². The van der Waals surface area contributed by atoms with E-state index >= 15 is 0 Å². The molecule has 136 valence electrons. The third kappa shape index (κ3) is 5.53. The molecular formula is C22H32O2Si. The van der Waals surface area contributed by atoms with Gasteiger partial charge in [-0.3, -0.25) is 0 Å². The minimum Gasteiger partial charge on any atom is -0.388 e.